The minimum absolute atomic E-state index is 0. The summed E-state index contributed by atoms with van der Waals surface area (Å²) < 4.78 is 0. The van der Waals surface area contributed by atoms with E-state index in [0.717, 1.165) is 25.9 Å². The van der Waals surface area contributed by atoms with Gasteiger partial charge in [-0.25, -0.2) is 0 Å². The maximum absolute atomic E-state index is 13.1. The predicted octanol–water partition coefficient (Wildman–Crippen LogP) is 2.87. The number of hydrogen-bond acceptors (Lipinski definition) is 3. The Balaban J connectivity index is 0.00000243. The number of carbonyl (C=O) groups excluding carboxylic acids is 2. The second-order valence-electron chi connectivity index (χ2n) is 7.39. The van der Waals surface area contributed by atoms with E-state index in [9.17, 15) is 9.59 Å². The first kappa shape index (κ1) is 21.0. The van der Waals surface area contributed by atoms with Crippen LogP contribution in [0.5, 0.6) is 0 Å². The van der Waals surface area contributed by atoms with E-state index in [1.54, 1.807) is 24.3 Å². The monoisotopic (exact) mass is 399 g/mol. The number of fused-ring (bicyclic) bond motifs is 2. The first-order valence-corrected chi connectivity index (χ1v) is 9.43. The third-order valence-corrected chi connectivity index (χ3v) is 5.50. The lowest BCUT2D eigenvalue weighted by atomic mass is 10.0. The van der Waals surface area contributed by atoms with Crippen molar-refractivity contribution in [1.82, 2.24) is 15.5 Å². The highest BCUT2D eigenvalue weighted by molar-refractivity contribution is 6.33. The molecule has 0 aliphatic carbocycles. The van der Waals surface area contributed by atoms with Gasteiger partial charge in [-0.2, -0.15) is 0 Å². The molecule has 144 valence electrons. The molecule has 0 aromatic heterocycles. The molecule has 26 heavy (non-hydrogen) atoms. The summed E-state index contributed by atoms with van der Waals surface area (Å²) in [6.07, 6.45) is 3.29. The summed E-state index contributed by atoms with van der Waals surface area (Å²) in [7, 11) is 0. The van der Waals surface area contributed by atoms with Crippen LogP contribution in [0.25, 0.3) is 0 Å². The van der Waals surface area contributed by atoms with Crippen molar-refractivity contribution in [3.63, 3.8) is 0 Å². The molecule has 7 heteroatoms. The van der Waals surface area contributed by atoms with Gasteiger partial charge in [0.25, 0.3) is 5.91 Å². The number of carbonyl (C=O) groups is 2. The topological polar surface area (TPSA) is 61.4 Å². The lowest BCUT2D eigenvalue weighted by Gasteiger charge is -2.31. The van der Waals surface area contributed by atoms with Gasteiger partial charge in [0.15, 0.2) is 0 Å². The van der Waals surface area contributed by atoms with E-state index < -0.39 is 6.04 Å². The van der Waals surface area contributed by atoms with Crippen LogP contribution in [0.15, 0.2) is 24.3 Å². The van der Waals surface area contributed by atoms with Crippen molar-refractivity contribution in [2.45, 2.75) is 51.2 Å². The summed E-state index contributed by atoms with van der Waals surface area (Å²) in [5, 5.41) is 6.88. The number of nitrogens with zero attached hydrogens (tertiary/aromatic N) is 1. The smallest absolute Gasteiger partial charge is 0.253 e. The van der Waals surface area contributed by atoms with Crippen LogP contribution in [0.2, 0.25) is 5.02 Å². The van der Waals surface area contributed by atoms with Gasteiger partial charge in [0.1, 0.15) is 6.04 Å². The molecule has 1 aromatic carbocycles. The van der Waals surface area contributed by atoms with E-state index in [2.05, 4.69) is 10.6 Å². The third-order valence-electron chi connectivity index (χ3n) is 5.17. The largest absolute Gasteiger partial charge is 0.340 e. The van der Waals surface area contributed by atoms with Crippen molar-refractivity contribution in [2.75, 3.05) is 13.1 Å². The first-order valence-electron chi connectivity index (χ1n) is 9.06. The molecule has 0 spiro atoms. The van der Waals surface area contributed by atoms with E-state index >= 15 is 0 Å². The fourth-order valence-electron chi connectivity index (χ4n) is 3.72. The lowest BCUT2D eigenvalue weighted by Crippen LogP contribution is -2.53. The number of amides is 2. The molecule has 3 rings (SSSR count). The van der Waals surface area contributed by atoms with Gasteiger partial charge in [-0.1, -0.05) is 37.6 Å². The van der Waals surface area contributed by atoms with E-state index in [0.29, 0.717) is 22.7 Å². The Kier molecular flexibility index (Phi) is 7.33. The minimum atomic E-state index is -0.541. The Morgan fingerprint density at radius 1 is 1.19 bits per heavy atom. The van der Waals surface area contributed by atoms with Gasteiger partial charge in [0, 0.05) is 25.2 Å². The van der Waals surface area contributed by atoms with Crippen molar-refractivity contribution < 1.29 is 9.59 Å². The fourth-order valence-corrected chi connectivity index (χ4v) is 3.94. The maximum Gasteiger partial charge on any atom is 0.253 e. The Bertz CT molecular complexity index is 653. The number of nitrogens with one attached hydrogen (secondary N) is 2. The van der Waals surface area contributed by atoms with E-state index in [1.807, 2.05) is 18.7 Å². The summed E-state index contributed by atoms with van der Waals surface area (Å²) >= 11 is 6.11. The summed E-state index contributed by atoms with van der Waals surface area (Å²) in [5.74, 6) is -0.288. The number of rotatable bonds is 4. The molecule has 1 aromatic rings. The molecular formula is C19H27Cl2N3O2. The molecule has 2 fully saturated rings. The second kappa shape index (κ2) is 9.07. The van der Waals surface area contributed by atoms with Crippen LogP contribution in [-0.4, -0.2) is 47.9 Å². The summed E-state index contributed by atoms with van der Waals surface area (Å²) in [5.41, 5.74) is 0.402. The Labute approximate surface area is 166 Å². The molecule has 2 heterocycles. The van der Waals surface area contributed by atoms with Gasteiger partial charge in [-0.05, 0) is 37.3 Å². The maximum atomic E-state index is 13.1. The molecule has 0 radical (unpaired) electrons. The first-order chi connectivity index (χ1) is 12.0. The summed E-state index contributed by atoms with van der Waals surface area (Å²) in [6.45, 7) is 5.38. The average molecular weight is 400 g/mol. The third kappa shape index (κ3) is 4.70. The van der Waals surface area contributed by atoms with Crippen LogP contribution in [0.1, 0.15) is 43.5 Å². The molecule has 2 amide bonds. The second-order valence-corrected chi connectivity index (χ2v) is 7.79. The summed E-state index contributed by atoms with van der Waals surface area (Å²) in [4.78, 5) is 27.6. The van der Waals surface area contributed by atoms with Gasteiger partial charge >= 0.3 is 0 Å². The van der Waals surface area contributed by atoms with Crippen LogP contribution >= 0.6 is 24.0 Å². The van der Waals surface area contributed by atoms with Gasteiger partial charge in [0.05, 0.1) is 10.6 Å². The highest BCUT2D eigenvalue weighted by atomic mass is 35.5. The fraction of sp³-hybridized carbons (Fsp3) is 0.579. The van der Waals surface area contributed by atoms with E-state index in [4.69, 9.17) is 11.6 Å². The van der Waals surface area contributed by atoms with Gasteiger partial charge in [-0.3, -0.25) is 9.59 Å². The van der Waals surface area contributed by atoms with Crippen molar-refractivity contribution in [1.29, 1.82) is 0 Å². The number of benzene rings is 1. The van der Waals surface area contributed by atoms with E-state index in [-0.39, 0.29) is 30.1 Å². The van der Waals surface area contributed by atoms with Crippen molar-refractivity contribution in [2.24, 2.45) is 5.92 Å². The molecule has 2 aliphatic heterocycles. The van der Waals surface area contributed by atoms with Crippen LogP contribution in [-0.2, 0) is 4.79 Å². The zero-order chi connectivity index (χ0) is 18.0. The van der Waals surface area contributed by atoms with Crippen LogP contribution in [0.4, 0.5) is 0 Å². The highest BCUT2D eigenvalue weighted by Gasteiger charge is 2.35. The van der Waals surface area contributed by atoms with Crippen LogP contribution in [0.3, 0.4) is 0 Å². The highest BCUT2D eigenvalue weighted by Crippen LogP contribution is 2.22. The Morgan fingerprint density at radius 3 is 2.58 bits per heavy atom. The summed E-state index contributed by atoms with van der Waals surface area (Å²) in [6, 6.07) is 7.27. The SMILES string of the molecule is CC(C)C(NC(=O)c1ccccc1Cl)C(=O)N1CCC2CCC(C1)N2.Cl. The number of hydrogen-bond donors (Lipinski definition) is 2. The molecule has 2 aliphatic rings. The van der Waals surface area contributed by atoms with Gasteiger partial charge in [0.2, 0.25) is 5.91 Å². The van der Waals surface area contributed by atoms with Crippen molar-refractivity contribution in [3.05, 3.63) is 34.9 Å². The Morgan fingerprint density at radius 2 is 1.88 bits per heavy atom. The zero-order valence-electron chi connectivity index (χ0n) is 15.2. The molecular weight excluding hydrogens is 373 g/mol. The van der Waals surface area contributed by atoms with Crippen molar-refractivity contribution >= 4 is 35.8 Å². The average Bonchev–Trinajstić information content (AvgIpc) is 2.91. The van der Waals surface area contributed by atoms with Crippen LogP contribution in [0, 0.1) is 5.92 Å². The molecule has 0 saturated carbocycles. The minimum Gasteiger partial charge on any atom is -0.340 e. The molecule has 2 bridgehead atoms. The zero-order valence-corrected chi connectivity index (χ0v) is 16.8. The van der Waals surface area contributed by atoms with Gasteiger partial charge < -0.3 is 15.5 Å². The lowest BCUT2D eigenvalue weighted by molar-refractivity contribution is -0.134. The quantitative estimate of drug-likeness (QED) is 0.817. The number of likely N-dealkylation sites (tertiary alicyclic amines) is 1. The normalized spacial score (nSPS) is 23.2. The molecule has 3 atom stereocenters. The molecule has 5 nitrogen and oxygen atoms in total. The molecule has 2 N–H and O–H groups in total. The molecule has 2 saturated heterocycles. The standard InChI is InChI=1S/C19H26ClN3O2.ClH/c1-12(2)17(22-18(24)15-5-3-4-6-16(15)20)19(25)23-10-9-13-7-8-14(11-23)21-13;/h3-6,12-14,17,21H,7-11H2,1-2H3,(H,22,24);1H. The van der Waals surface area contributed by atoms with Crippen molar-refractivity contribution in [3.8, 4) is 0 Å². The number of halogens is 2. The molecule has 3 unspecified atom stereocenters. The van der Waals surface area contributed by atoms with Crippen LogP contribution < -0.4 is 10.6 Å². The predicted molar refractivity (Wildman–Crippen MR) is 106 cm³/mol. The Hall–Kier alpha value is -1.30. The van der Waals surface area contributed by atoms with E-state index in [1.165, 1.54) is 6.42 Å². The van der Waals surface area contributed by atoms with Gasteiger partial charge in [-0.15, -0.1) is 12.4 Å².